The number of fused-ring (bicyclic) bond motifs is 3. The van der Waals surface area contributed by atoms with Gasteiger partial charge in [-0.25, -0.2) is 0 Å². The number of ether oxygens (including phenoxy) is 1. The molecule has 3 fully saturated rings. The van der Waals surface area contributed by atoms with Crippen molar-refractivity contribution in [1.82, 2.24) is 25.2 Å². The molecule has 4 atom stereocenters. The van der Waals surface area contributed by atoms with E-state index < -0.39 is 0 Å². The van der Waals surface area contributed by atoms with E-state index in [1.165, 1.54) is 0 Å². The fourth-order valence-electron chi connectivity index (χ4n) is 3.98. The van der Waals surface area contributed by atoms with E-state index in [2.05, 4.69) is 47.5 Å². The minimum Gasteiger partial charge on any atom is -0.383 e. The molecule has 1 N–H and O–H groups in total. The van der Waals surface area contributed by atoms with Crippen LogP contribution in [0, 0.1) is 11.8 Å². The smallest absolute Gasteiger partial charge is 0.224 e. The van der Waals surface area contributed by atoms with Crippen LogP contribution in [0.5, 0.6) is 0 Å². The third kappa shape index (κ3) is 4.20. The Kier molecular flexibility index (Phi) is 5.43. The van der Waals surface area contributed by atoms with Crippen LogP contribution < -0.4 is 5.32 Å². The number of hydrogen-bond donors (Lipinski definition) is 1. The predicted octanol–water partition coefficient (Wildman–Crippen LogP) is 1.05. The van der Waals surface area contributed by atoms with Crippen LogP contribution in [0.3, 0.4) is 0 Å². The first-order valence-electron chi connectivity index (χ1n) is 9.30. The van der Waals surface area contributed by atoms with Gasteiger partial charge < -0.3 is 10.1 Å². The fourth-order valence-corrected chi connectivity index (χ4v) is 3.98. The lowest BCUT2D eigenvalue weighted by Crippen LogP contribution is -2.58. The first kappa shape index (κ1) is 18.3. The minimum atomic E-state index is 0.0233. The summed E-state index contributed by atoms with van der Waals surface area (Å²) in [6.45, 7) is 10.4. The van der Waals surface area contributed by atoms with Crippen molar-refractivity contribution >= 4 is 5.91 Å². The van der Waals surface area contributed by atoms with E-state index in [1.807, 2.05) is 4.68 Å². The van der Waals surface area contributed by atoms with Gasteiger partial charge in [0.1, 0.15) is 0 Å². The number of piperidine rings is 3. The Hall–Kier alpha value is -1.47. The number of aromatic nitrogens is 3. The topological polar surface area (TPSA) is 72.3 Å². The van der Waals surface area contributed by atoms with E-state index in [4.69, 9.17) is 4.74 Å². The predicted molar refractivity (Wildman–Crippen MR) is 95.2 cm³/mol. The van der Waals surface area contributed by atoms with Gasteiger partial charge in [0.15, 0.2) is 0 Å². The van der Waals surface area contributed by atoms with Crippen LogP contribution in [0.1, 0.15) is 39.3 Å². The third-order valence-corrected chi connectivity index (χ3v) is 5.53. The van der Waals surface area contributed by atoms with Crippen LogP contribution in [0.25, 0.3) is 0 Å². The second kappa shape index (κ2) is 7.41. The first-order valence-corrected chi connectivity index (χ1v) is 9.30. The van der Waals surface area contributed by atoms with E-state index >= 15 is 0 Å². The van der Waals surface area contributed by atoms with E-state index in [0.717, 1.165) is 38.2 Å². The molecule has 7 heteroatoms. The van der Waals surface area contributed by atoms with Crippen LogP contribution in [0.4, 0.5) is 0 Å². The highest BCUT2D eigenvalue weighted by Crippen LogP contribution is 2.37. The molecule has 3 saturated heterocycles. The molecule has 2 unspecified atom stereocenters. The van der Waals surface area contributed by atoms with E-state index in [1.54, 1.807) is 7.11 Å². The Balaban J connectivity index is 1.57. The molecular formula is C18H31N5O2. The van der Waals surface area contributed by atoms with Crippen molar-refractivity contribution in [2.24, 2.45) is 11.8 Å². The Morgan fingerprint density at radius 3 is 2.84 bits per heavy atom. The standard InChI is InChI=1S/C18H31N5O2/c1-18(2,3)16-12-23(21-20-16)10-14-9-13-5-7-22(14)11-15(13)17(24)19-6-8-25-4/h12-15H,5-11H2,1-4H3,(H,19,24)/t13?,14-,15+/m1/s1. The lowest BCUT2D eigenvalue weighted by molar-refractivity contribution is -0.133. The summed E-state index contributed by atoms with van der Waals surface area (Å²) >= 11 is 0. The average Bonchev–Trinajstić information content (AvgIpc) is 3.04. The van der Waals surface area contributed by atoms with E-state index in [9.17, 15) is 4.79 Å². The van der Waals surface area contributed by atoms with Gasteiger partial charge in [0.2, 0.25) is 5.91 Å². The molecule has 0 spiro atoms. The average molecular weight is 349 g/mol. The molecule has 0 saturated carbocycles. The molecular weight excluding hydrogens is 318 g/mol. The van der Waals surface area contributed by atoms with Crippen molar-refractivity contribution in [3.05, 3.63) is 11.9 Å². The number of rotatable bonds is 6. The van der Waals surface area contributed by atoms with E-state index in [0.29, 0.717) is 25.1 Å². The van der Waals surface area contributed by atoms with Gasteiger partial charge in [0.25, 0.3) is 0 Å². The van der Waals surface area contributed by atoms with Crippen LogP contribution in [-0.4, -0.2) is 65.2 Å². The summed E-state index contributed by atoms with van der Waals surface area (Å²) in [5.41, 5.74) is 1.05. The molecule has 3 aliphatic heterocycles. The zero-order chi connectivity index (χ0) is 18.0. The molecule has 0 aromatic carbocycles. The van der Waals surface area contributed by atoms with Crippen LogP contribution in [0.2, 0.25) is 0 Å². The van der Waals surface area contributed by atoms with Gasteiger partial charge in [0.05, 0.1) is 24.8 Å². The summed E-state index contributed by atoms with van der Waals surface area (Å²) in [5, 5.41) is 11.6. The van der Waals surface area contributed by atoms with Gasteiger partial charge in [-0.1, -0.05) is 26.0 Å². The molecule has 0 radical (unpaired) electrons. The number of nitrogens with one attached hydrogen (secondary N) is 1. The minimum absolute atomic E-state index is 0.0233. The SMILES string of the molecule is COCCNC(=O)[C@H]1CN2CCC1C[C@@H]2Cn1cc(C(C)(C)C)nn1. The molecule has 140 valence electrons. The van der Waals surface area contributed by atoms with Crippen molar-refractivity contribution in [3.63, 3.8) is 0 Å². The highest BCUT2D eigenvalue weighted by molar-refractivity contribution is 5.79. The van der Waals surface area contributed by atoms with Crippen LogP contribution in [-0.2, 0) is 21.5 Å². The Bertz CT molecular complexity index is 595. The maximum atomic E-state index is 12.4. The molecule has 25 heavy (non-hydrogen) atoms. The van der Waals surface area contributed by atoms with Gasteiger partial charge in [0, 0.05) is 37.9 Å². The second-order valence-corrected chi connectivity index (χ2v) is 8.40. The Morgan fingerprint density at radius 1 is 1.44 bits per heavy atom. The summed E-state index contributed by atoms with van der Waals surface area (Å²) in [6, 6.07) is 0.455. The van der Waals surface area contributed by atoms with Crippen LogP contribution >= 0.6 is 0 Å². The quantitative estimate of drug-likeness (QED) is 0.777. The molecule has 3 aliphatic rings. The number of amides is 1. The van der Waals surface area contributed by atoms with Gasteiger partial charge in [-0.3, -0.25) is 14.4 Å². The Labute approximate surface area is 150 Å². The summed E-state index contributed by atoms with van der Waals surface area (Å²) in [6.07, 6.45) is 4.24. The normalized spacial score (nSPS) is 29.0. The van der Waals surface area contributed by atoms with Crippen LogP contribution in [0.15, 0.2) is 6.20 Å². The second-order valence-electron chi connectivity index (χ2n) is 8.40. The molecule has 2 bridgehead atoms. The van der Waals surface area contributed by atoms with Crippen molar-refractivity contribution < 1.29 is 9.53 Å². The third-order valence-electron chi connectivity index (χ3n) is 5.53. The summed E-state index contributed by atoms with van der Waals surface area (Å²) < 4.78 is 6.98. The molecule has 1 amide bonds. The van der Waals surface area contributed by atoms with Crippen molar-refractivity contribution in [2.75, 3.05) is 33.4 Å². The summed E-state index contributed by atoms with van der Waals surface area (Å²) in [7, 11) is 1.65. The summed E-state index contributed by atoms with van der Waals surface area (Å²) in [4.78, 5) is 14.9. The molecule has 4 heterocycles. The van der Waals surface area contributed by atoms with Crippen molar-refractivity contribution in [3.8, 4) is 0 Å². The monoisotopic (exact) mass is 349 g/mol. The van der Waals surface area contributed by atoms with Crippen molar-refractivity contribution in [2.45, 2.75) is 51.6 Å². The zero-order valence-corrected chi connectivity index (χ0v) is 15.9. The lowest BCUT2D eigenvalue weighted by Gasteiger charge is -2.49. The van der Waals surface area contributed by atoms with Gasteiger partial charge in [-0.15, -0.1) is 5.10 Å². The van der Waals surface area contributed by atoms with Crippen molar-refractivity contribution in [1.29, 1.82) is 0 Å². The molecule has 7 nitrogen and oxygen atoms in total. The largest absolute Gasteiger partial charge is 0.383 e. The maximum absolute atomic E-state index is 12.4. The van der Waals surface area contributed by atoms with Gasteiger partial charge >= 0.3 is 0 Å². The Morgan fingerprint density at radius 2 is 2.24 bits per heavy atom. The van der Waals surface area contributed by atoms with Gasteiger partial charge in [-0.05, 0) is 25.3 Å². The zero-order valence-electron chi connectivity index (χ0n) is 15.9. The van der Waals surface area contributed by atoms with Gasteiger partial charge in [-0.2, -0.15) is 0 Å². The number of carbonyl (C=O) groups excluding carboxylic acids is 1. The highest BCUT2D eigenvalue weighted by Gasteiger charge is 2.43. The number of nitrogens with zero attached hydrogens (tertiary/aromatic N) is 4. The molecule has 1 aromatic heterocycles. The molecule has 0 aliphatic carbocycles. The highest BCUT2D eigenvalue weighted by atomic mass is 16.5. The summed E-state index contributed by atoms with van der Waals surface area (Å²) in [5.74, 6) is 0.770. The fraction of sp³-hybridized carbons (Fsp3) is 0.833. The molecule has 1 aromatic rings. The number of carbonyl (C=O) groups is 1. The molecule has 4 rings (SSSR count). The number of methoxy groups -OCH3 is 1. The number of hydrogen-bond acceptors (Lipinski definition) is 5. The maximum Gasteiger partial charge on any atom is 0.224 e. The van der Waals surface area contributed by atoms with E-state index in [-0.39, 0.29) is 17.2 Å². The lowest BCUT2D eigenvalue weighted by atomic mass is 9.75. The first-order chi connectivity index (χ1) is 11.9.